The average Bonchev–Trinajstić information content (AvgIpc) is 2.54. The predicted molar refractivity (Wildman–Crippen MR) is 88.2 cm³/mol. The van der Waals surface area contributed by atoms with E-state index in [-0.39, 0.29) is 5.91 Å². The van der Waals surface area contributed by atoms with E-state index in [2.05, 4.69) is 22.5 Å². The molecular formula is C17H25N3O2. The molecule has 1 fully saturated rings. The van der Waals surface area contributed by atoms with Gasteiger partial charge in [0.15, 0.2) is 0 Å². The Balaban J connectivity index is 1.57. The number of para-hydroxylation sites is 2. The smallest absolute Gasteiger partial charge is 0.250 e. The van der Waals surface area contributed by atoms with E-state index in [1.165, 1.54) is 0 Å². The molecule has 0 atom stereocenters. The van der Waals surface area contributed by atoms with Crippen LogP contribution in [-0.4, -0.2) is 49.2 Å². The van der Waals surface area contributed by atoms with Gasteiger partial charge in [-0.3, -0.25) is 4.79 Å². The van der Waals surface area contributed by atoms with Gasteiger partial charge in [-0.05, 0) is 31.4 Å². The zero-order valence-corrected chi connectivity index (χ0v) is 13.2. The van der Waals surface area contributed by atoms with Crippen LogP contribution < -0.4 is 10.6 Å². The van der Waals surface area contributed by atoms with Gasteiger partial charge < -0.3 is 20.3 Å². The monoisotopic (exact) mass is 303 g/mol. The van der Waals surface area contributed by atoms with Gasteiger partial charge in [0.05, 0.1) is 18.0 Å². The highest BCUT2D eigenvalue weighted by molar-refractivity contribution is 6.06. The normalized spacial score (nSPS) is 20.3. The van der Waals surface area contributed by atoms with E-state index in [1.54, 1.807) is 0 Å². The number of hydrogen-bond donors (Lipinski definition) is 2. The number of carbonyl (C=O) groups is 1. The zero-order valence-electron chi connectivity index (χ0n) is 13.2. The van der Waals surface area contributed by atoms with Crippen LogP contribution in [0.25, 0.3) is 0 Å². The molecule has 0 aromatic heterocycles. The minimum absolute atomic E-state index is 0.105. The molecule has 1 aromatic carbocycles. The molecule has 3 rings (SSSR count). The molecule has 5 nitrogen and oxygen atoms in total. The minimum atomic E-state index is -0.449. The first-order valence-electron chi connectivity index (χ1n) is 8.22. The summed E-state index contributed by atoms with van der Waals surface area (Å²) in [6.45, 7) is 6.54. The minimum Gasteiger partial charge on any atom is -0.380 e. The largest absolute Gasteiger partial charge is 0.380 e. The maximum Gasteiger partial charge on any atom is 0.250 e. The molecule has 2 aliphatic heterocycles. The molecule has 0 aliphatic carbocycles. The third-order valence-corrected chi connectivity index (χ3v) is 4.59. The number of carbonyl (C=O) groups excluding carboxylic acids is 1. The molecule has 1 spiro atoms. The second-order valence-electron chi connectivity index (χ2n) is 6.16. The number of nitrogens with one attached hydrogen (secondary N) is 2. The highest BCUT2D eigenvalue weighted by Gasteiger charge is 2.44. The van der Waals surface area contributed by atoms with Gasteiger partial charge in [0.2, 0.25) is 5.91 Å². The van der Waals surface area contributed by atoms with Gasteiger partial charge in [0.25, 0.3) is 0 Å². The number of rotatable bonds is 5. The Bertz CT molecular complexity index is 524. The van der Waals surface area contributed by atoms with Gasteiger partial charge in [-0.2, -0.15) is 0 Å². The first-order valence-corrected chi connectivity index (χ1v) is 8.22. The number of piperidine rings is 1. The summed E-state index contributed by atoms with van der Waals surface area (Å²) in [7, 11) is 0. The standard InChI is InChI=1S/C17H25N3O2/c1-2-12-22-13-11-20-9-7-17(8-10-20)16(21)18-14-5-3-4-6-15(14)19-17/h3-6,19H,2,7-13H2,1H3,(H,18,21). The molecule has 0 saturated carbocycles. The van der Waals surface area contributed by atoms with Crippen molar-refractivity contribution < 1.29 is 9.53 Å². The topological polar surface area (TPSA) is 53.6 Å². The Morgan fingerprint density at radius 2 is 1.91 bits per heavy atom. The van der Waals surface area contributed by atoms with E-state index in [4.69, 9.17) is 4.74 Å². The van der Waals surface area contributed by atoms with Gasteiger partial charge in [0, 0.05) is 26.2 Å². The Hall–Kier alpha value is -1.59. The fraction of sp³-hybridized carbons (Fsp3) is 0.588. The molecular weight excluding hydrogens is 278 g/mol. The van der Waals surface area contributed by atoms with E-state index in [0.29, 0.717) is 0 Å². The quantitative estimate of drug-likeness (QED) is 0.820. The third-order valence-electron chi connectivity index (χ3n) is 4.59. The molecule has 0 bridgehead atoms. The predicted octanol–water partition coefficient (Wildman–Crippen LogP) is 2.31. The van der Waals surface area contributed by atoms with E-state index in [1.807, 2.05) is 24.3 Å². The van der Waals surface area contributed by atoms with Crippen LogP contribution in [-0.2, 0) is 9.53 Å². The van der Waals surface area contributed by atoms with Crippen LogP contribution in [0.1, 0.15) is 26.2 Å². The van der Waals surface area contributed by atoms with Crippen LogP contribution >= 0.6 is 0 Å². The molecule has 2 aliphatic rings. The summed E-state index contributed by atoms with van der Waals surface area (Å²) in [4.78, 5) is 14.9. The number of likely N-dealkylation sites (tertiary alicyclic amines) is 1. The number of nitrogens with zero attached hydrogens (tertiary/aromatic N) is 1. The van der Waals surface area contributed by atoms with Crippen molar-refractivity contribution in [3.8, 4) is 0 Å². The third kappa shape index (κ3) is 3.10. The van der Waals surface area contributed by atoms with Crippen LogP contribution in [0.3, 0.4) is 0 Å². The lowest BCUT2D eigenvalue weighted by atomic mass is 9.84. The maximum absolute atomic E-state index is 12.5. The van der Waals surface area contributed by atoms with Crippen molar-refractivity contribution in [3.63, 3.8) is 0 Å². The first-order chi connectivity index (χ1) is 10.7. The zero-order chi connectivity index (χ0) is 15.4. The number of fused-ring (bicyclic) bond motifs is 1. The van der Waals surface area contributed by atoms with Gasteiger partial charge in [0.1, 0.15) is 5.54 Å². The van der Waals surface area contributed by atoms with Gasteiger partial charge in [-0.25, -0.2) is 0 Å². The van der Waals surface area contributed by atoms with Crippen LogP contribution in [0.4, 0.5) is 11.4 Å². The lowest BCUT2D eigenvalue weighted by molar-refractivity contribution is -0.122. The molecule has 1 amide bonds. The fourth-order valence-corrected chi connectivity index (χ4v) is 3.21. The van der Waals surface area contributed by atoms with Crippen molar-refractivity contribution in [1.82, 2.24) is 4.90 Å². The van der Waals surface area contributed by atoms with Crippen LogP contribution in [0.15, 0.2) is 24.3 Å². The summed E-state index contributed by atoms with van der Waals surface area (Å²) in [6, 6.07) is 7.91. The Kier molecular flexibility index (Phi) is 4.64. The summed E-state index contributed by atoms with van der Waals surface area (Å²) < 4.78 is 5.55. The van der Waals surface area contributed by atoms with Crippen LogP contribution in [0.2, 0.25) is 0 Å². The second-order valence-corrected chi connectivity index (χ2v) is 6.16. The SMILES string of the molecule is CCCOCCN1CCC2(CC1)Nc1ccccc1NC2=O. The molecule has 0 unspecified atom stereocenters. The van der Waals surface area contributed by atoms with E-state index in [0.717, 1.165) is 63.5 Å². The summed E-state index contributed by atoms with van der Waals surface area (Å²) >= 11 is 0. The molecule has 2 N–H and O–H groups in total. The lowest BCUT2D eigenvalue weighted by Crippen LogP contribution is -2.58. The highest BCUT2D eigenvalue weighted by Crippen LogP contribution is 2.36. The van der Waals surface area contributed by atoms with Crippen molar-refractivity contribution in [1.29, 1.82) is 0 Å². The molecule has 120 valence electrons. The van der Waals surface area contributed by atoms with Gasteiger partial charge >= 0.3 is 0 Å². The Labute approximate surface area is 132 Å². The number of benzene rings is 1. The van der Waals surface area contributed by atoms with Crippen LogP contribution in [0, 0.1) is 0 Å². The van der Waals surface area contributed by atoms with E-state index < -0.39 is 5.54 Å². The van der Waals surface area contributed by atoms with E-state index >= 15 is 0 Å². The molecule has 1 saturated heterocycles. The second kappa shape index (κ2) is 6.67. The number of amides is 1. The van der Waals surface area contributed by atoms with E-state index in [9.17, 15) is 4.79 Å². The van der Waals surface area contributed by atoms with Crippen molar-refractivity contribution in [3.05, 3.63) is 24.3 Å². The van der Waals surface area contributed by atoms with Crippen molar-refractivity contribution in [2.45, 2.75) is 31.7 Å². The fourth-order valence-electron chi connectivity index (χ4n) is 3.21. The van der Waals surface area contributed by atoms with Crippen LogP contribution in [0.5, 0.6) is 0 Å². The number of hydrogen-bond acceptors (Lipinski definition) is 4. The molecule has 0 radical (unpaired) electrons. The Morgan fingerprint density at radius 1 is 1.18 bits per heavy atom. The molecule has 22 heavy (non-hydrogen) atoms. The number of anilines is 2. The highest BCUT2D eigenvalue weighted by atomic mass is 16.5. The van der Waals surface area contributed by atoms with Gasteiger partial charge in [-0.15, -0.1) is 0 Å². The summed E-state index contributed by atoms with van der Waals surface area (Å²) in [6.07, 6.45) is 2.73. The molecule has 2 heterocycles. The molecule has 5 heteroatoms. The molecule has 1 aromatic rings. The summed E-state index contributed by atoms with van der Waals surface area (Å²) in [5, 5.41) is 6.54. The summed E-state index contributed by atoms with van der Waals surface area (Å²) in [5.74, 6) is 0.105. The van der Waals surface area contributed by atoms with Crippen molar-refractivity contribution in [2.24, 2.45) is 0 Å². The Morgan fingerprint density at radius 3 is 2.64 bits per heavy atom. The van der Waals surface area contributed by atoms with Gasteiger partial charge in [-0.1, -0.05) is 19.1 Å². The van der Waals surface area contributed by atoms with Crippen molar-refractivity contribution >= 4 is 17.3 Å². The first kappa shape index (κ1) is 15.3. The average molecular weight is 303 g/mol. The number of ether oxygens (including phenoxy) is 1. The lowest BCUT2D eigenvalue weighted by Gasteiger charge is -2.44. The van der Waals surface area contributed by atoms with Crippen molar-refractivity contribution in [2.75, 3.05) is 43.5 Å². The summed E-state index contributed by atoms with van der Waals surface area (Å²) in [5.41, 5.74) is 1.46. The maximum atomic E-state index is 12.5.